The smallest absolute Gasteiger partial charge is 0.289 e. The van der Waals surface area contributed by atoms with Gasteiger partial charge in [0.2, 0.25) is 5.76 Å². The van der Waals surface area contributed by atoms with Gasteiger partial charge in [-0.3, -0.25) is 4.79 Å². The second-order valence-electron chi connectivity index (χ2n) is 4.27. The monoisotopic (exact) mass is 242 g/mol. The highest BCUT2D eigenvalue weighted by Gasteiger charge is 2.26. The van der Waals surface area contributed by atoms with Crippen LogP contribution in [0.3, 0.4) is 0 Å². The minimum absolute atomic E-state index is 0.146. The number of benzene rings is 1. The largest absolute Gasteiger partial charge is 0.449 e. The van der Waals surface area contributed by atoms with E-state index in [2.05, 4.69) is 16.8 Å². The molecule has 1 aliphatic heterocycles. The van der Waals surface area contributed by atoms with E-state index in [0.29, 0.717) is 18.8 Å². The second-order valence-corrected chi connectivity index (χ2v) is 4.27. The van der Waals surface area contributed by atoms with E-state index >= 15 is 0 Å². The van der Waals surface area contributed by atoms with Crippen molar-refractivity contribution in [2.24, 2.45) is 0 Å². The highest BCUT2D eigenvalue weighted by molar-refractivity contribution is 6.07. The number of anilines is 1. The summed E-state index contributed by atoms with van der Waals surface area (Å²) in [7, 11) is 0. The molecular weight excluding hydrogens is 228 g/mol. The summed E-state index contributed by atoms with van der Waals surface area (Å²) in [4.78, 5) is 14.1. The first-order valence-electron chi connectivity index (χ1n) is 5.97. The average Bonchev–Trinajstić information content (AvgIpc) is 2.70. The van der Waals surface area contributed by atoms with Crippen LogP contribution in [0.25, 0.3) is 11.0 Å². The van der Waals surface area contributed by atoms with Gasteiger partial charge >= 0.3 is 0 Å². The number of carbonyl (C=O) groups is 1. The summed E-state index contributed by atoms with van der Waals surface area (Å²) >= 11 is 0. The number of para-hydroxylation sites is 1. The van der Waals surface area contributed by atoms with Gasteiger partial charge in [-0.15, -0.1) is 6.58 Å². The quantitative estimate of drug-likeness (QED) is 0.821. The van der Waals surface area contributed by atoms with Gasteiger partial charge in [0, 0.05) is 25.0 Å². The second kappa shape index (κ2) is 4.22. The summed E-state index contributed by atoms with van der Waals surface area (Å²) in [5.41, 5.74) is 1.62. The first kappa shape index (κ1) is 10.9. The van der Waals surface area contributed by atoms with Gasteiger partial charge in [-0.2, -0.15) is 0 Å². The summed E-state index contributed by atoms with van der Waals surface area (Å²) in [6.45, 7) is 5.84. The van der Waals surface area contributed by atoms with Crippen molar-refractivity contribution in [3.63, 3.8) is 0 Å². The van der Waals surface area contributed by atoms with E-state index in [1.54, 1.807) is 0 Å². The number of rotatable bonds is 2. The summed E-state index contributed by atoms with van der Waals surface area (Å²) in [5, 5.41) is 3.82. The van der Waals surface area contributed by atoms with Crippen LogP contribution in [-0.2, 0) is 0 Å². The van der Waals surface area contributed by atoms with E-state index in [1.807, 2.05) is 30.3 Å². The Morgan fingerprint density at radius 1 is 1.44 bits per heavy atom. The van der Waals surface area contributed by atoms with Gasteiger partial charge in [0.05, 0.1) is 5.69 Å². The van der Waals surface area contributed by atoms with Crippen LogP contribution in [0.5, 0.6) is 0 Å². The topological polar surface area (TPSA) is 45.5 Å². The van der Waals surface area contributed by atoms with Crippen molar-refractivity contribution in [1.82, 2.24) is 5.32 Å². The highest BCUT2D eigenvalue weighted by atomic mass is 16.3. The van der Waals surface area contributed by atoms with E-state index in [4.69, 9.17) is 4.42 Å². The Balaban J connectivity index is 2.25. The van der Waals surface area contributed by atoms with Crippen LogP contribution in [0, 0.1) is 0 Å². The van der Waals surface area contributed by atoms with Crippen molar-refractivity contribution < 1.29 is 9.21 Å². The van der Waals surface area contributed by atoms with Crippen molar-refractivity contribution in [3.05, 3.63) is 42.7 Å². The maximum absolute atomic E-state index is 12.0. The number of nitrogens with one attached hydrogen (secondary N) is 1. The molecule has 0 bridgehead atoms. The van der Waals surface area contributed by atoms with Gasteiger partial charge in [0.15, 0.2) is 0 Å². The van der Waals surface area contributed by atoms with Crippen LogP contribution >= 0.6 is 0 Å². The molecule has 18 heavy (non-hydrogen) atoms. The number of hydrogen-bond acceptors (Lipinski definition) is 3. The fraction of sp³-hybridized carbons (Fsp3) is 0.214. The van der Waals surface area contributed by atoms with Gasteiger partial charge in [-0.05, 0) is 12.1 Å². The van der Waals surface area contributed by atoms with E-state index in [1.165, 1.54) is 0 Å². The standard InChI is InChI=1S/C14H14N2O2/c1-2-8-16-9-7-15-14(17)13-12(16)10-5-3-4-6-11(10)18-13/h2-6H,1,7-9H2,(H,15,17). The van der Waals surface area contributed by atoms with Crippen LogP contribution < -0.4 is 10.2 Å². The fourth-order valence-electron chi connectivity index (χ4n) is 2.33. The zero-order valence-corrected chi connectivity index (χ0v) is 9.98. The molecule has 4 nitrogen and oxygen atoms in total. The molecule has 2 aromatic rings. The van der Waals surface area contributed by atoms with Crippen LogP contribution in [0.4, 0.5) is 5.69 Å². The lowest BCUT2D eigenvalue weighted by Crippen LogP contribution is -2.30. The Morgan fingerprint density at radius 2 is 2.28 bits per heavy atom. The normalized spacial score (nSPS) is 15.1. The molecule has 0 aliphatic carbocycles. The maximum Gasteiger partial charge on any atom is 0.289 e. The molecule has 3 rings (SSSR count). The predicted octanol–water partition coefficient (Wildman–Crippen LogP) is 2.17. The minimum atomic E-state index is -0.146. The zero-order valence-electron chi connectivity index (χ0n) is 9.98. The molecule has 0 unspecified atom stereocenters. The van der Waals surface area contributed by atoms with Gasteiger partial charge in [-0.25, -0.2) is 0 Å². The molecule has 1 aromatic heterocycles. The molecule has 0 atom stereocenters. The predicted molar refractivity (Wildman–Crippen MR) is 71.0 cm³/mol. The van der Waals surface area contributed by atoms with Crippen molar-refractivity contribution >= 4 is 22.6 Å². The first-order chi connectivity index (χ1) is 8.81. The zero-order chi connectivity index (χ0) is 12.5. The molecule has 1 aliphatic rings. The molecule has 0 saturated carbocycles. The molecule has 0 fully saturated rings. The lowest BCUT2D eigenvalue weighted by Gasteiger charge is -2.20. The highest BCUT2D eigenvalue weighted by Crippen LogP contribution is 2.34. The number of amides is 1. The Hall–Kier alpha value is -2.23. The summed E-state index contributed by atoms with van der Waals surface area (Å²) < 4.78 is 5.67. The van der Waals surface area contributed by atoms with Crippen LogP contribution in [-0.4, -0.2) is 25.5 Å². The lowest BCUT2D eigenvalue weighted by atomic mass is 10.2. The van der Waals surface area contributed by atoms with Gasteiger partial charge in [0.25, 0.3) is 5.91 Å². The third-order valence-electron chi connectivity index (χ3n) is 3.11. The van der Waals surface area contributed by atoms with Gasteiger partial charge < -0.3 is 14.6 Å². The van der Waals surface area contributed by atoms with Crippen molar-refractivity contribution in [2.45, 2.75) is 0 Å². The third kappa shape index (κ3) is 1.57. The lowest BCUT2D eigenvalue weighted by molar-refractivity contribution is 0.0933. The number of carbonyl (C=O) groups excluding carboxylic acids is 1. The Labute approximate surface area is 105 Å². The molecule has 4 heteroatoms. The number of nitrogens with zero attached hydrogens (tertiary/aromatic N) is 1. The maximum atomic E-state index is 12.0. The molecule has 1 amide bonds. The summed E-state index contributed by atoms with van der Waals surface area (Å²) in [5.74, 6) is 0.253. The van der Waals surface area contributed by atoms with Crippen molar-refractivity contribution in [3.8, 4) is 0 Å². The Kier molecular flexibility index (Phi) is 2.55. The van der Waals surface area contributed by atoms with Gasteiger partial charge in [0.1, 0.15) is 5.58 Å². The SMILES string of the molecule is C=CCN1CCNC(=O)c2oc3ccccc3c21. The summed E-state index contributed by atoms with van der Waals surface area (Å²) in [6.07, 6.45) is 1.83. The fourth-order valence-corrected chi connectivity index (χ4v) is 2.33. The molecule has 1 aromatic carbocycles. The van der Waals surface area contributed by atoms with Crippen molar-refractivity contribution in [2.75, 3.05) is 24.5 Å². The summed E-state index contributed by atoms with van der Waals surface area (Å²) in [6, 6.07) is 7.71. The van der Waals surface area contributed by atoms with E-state index in [-0.39, 0.29) is 5.91 Å². The molecular formula is C14H14N2O2. The molecule has 0 radical (unpaired) electrons. The van der Waals surface area contributed by atoms with Crippen molar-refractivity contribution in [1.29, 1.82) is 0 Å². The molecule has 0 saturated heterocycles. The van der Waals surface area contributed by atoms with E-state index in [9.17, 15) is 4.79 Å². The van der Waals surface area contributed by atoms with E-state index in [0.717, 1.165) is 23.2 Å². The van der Waals surface area contributed by atoms with Gasteiger partial charge in [-0.1, -0.05) is 18.2 Å². The Morgan fingerprint density at radius 3 is 3.11 bits per heavy atom. The minimum Gasteiger partial charge on any atom is -0.449 e. The van der Waals surface area contributed by atoms with Crippen LogP contribution in [0.2, 0.25) is 0 Å². The van der Waals surface area contributed by atoms with Crippen LogP contribution in [0.1, 0.15) is 10.6 Å². The number of hydrogen-bond donors (Lipinski definition) is 1. The van der Waals surface area contributed by atoms with E-state index < -0.39 is 0 Å². The Bertz CT molecular complexity index is 615. The average molecular weight is 242 g/mol. The number of furan rings is 1. The molecule has 92 valence electrons. The molecule has 0 spiro atoms. The molecule has 1 N–H and O–H groups in total. The third-order valence-corrected chi connectivity index (χ3v) is 3.11. The first-order valence-corrected chi connectivity index (χ1v) is 5.97. The number of fused-ring (bicyclic) bond motifs is 3. The molecule has 2 heterocycles. The van der Waals surface area contributed by atoms with Crippen LogP contribution in [0.15, 0.2) is 41.3 Å².